The van der Waals surface area contributed by atoms with Crippen LogP contribution in [0.5, 0.6) is 11.5 Å². The Hall–Kier alpha value is -3.17. The summed E-state index contributed by atoms with van der Waals surface area (Å²) in [6.45, 7) is 8.35. The molecule has 2 heterocycles. The minimum atomic E-state index is -0.241. The third-order valence-electron chi connectivity index (χ3n) is 11.6. The molecule has 16 heteroatoms. The summed E-state index contributed by atoms with van der Waals surface area (Å²) in [6, 6.07) is 47.9. The van der Waals surface area contributed by atoms with Crippen molar-refractivity contribution < 1.29 is 86.8 Å². The van der Waals surface area contributed by atoms with Crippen LogP contribution in [0.2, 0.25) is 0 Å². The molecule has 0 saturated carbocycles. The largest absolute Gasteiger partial charge is 1.00 e. The number of fused-ring (bicyclic) bond motifs is 4. The van der Waals surface area contributed by atoms with Crippen molar-refractivity contribution in [3.63, 3.8) is 0 Å². The van der Waals surface area contributed by atoms with Gasteiger partial charge in [-0.15, -0.1) is 0 Å². The second kappa shape index (κ2) is 36.8. The fourth-order valence-corrected chi connectivity index (χ4v) is 9.17. The number of phenolic OH excluding ortho intramolecular Hbond substituents is 1. The molecule has 0 amide bonds. The minimum Gasteiger partial charge on any atom is -0.793 e. The van der Waals surface area contributed by atoms with Crippen molar-refractivity contribution in [2.75, 3.05) is 92.1 Å². The van der Waals surface area contributed by atoms with Gasteiger partial charge in [-0.05, 0) is 46.5 Å². The molecular weight excluding hydrogens is 1120 g/mol. The fourth-order valence-electron chi connectivity index (χ4n) is 8.06. The molecule has 0 unspecified atom stereocenters. The molecule has 12 nitrogen and oxygen atoms in total. The SMILES string of the molecule is CC[S-].COc1c2cc(Br)cc1COC[C@H](c1ccccc1)OCCOCCO[C@@H](c1ccccc1)COC2.Oc1c2cc(Br)cc1COC[C@H](c1ccccc1)OCCOCCO[C@@H](c1ccccc1)COC2.[Na+]. The third kappa shape index (κ3) is 22.2. The molecule has 0 aromatic heterocycles. The molecule has 2 aliphatic heterocycles. The molecule has 0 fully saturated rings. The molecule has 0 radical (unpaired) electrons. The first-order valence-corrected chi connectivity index (χ1v) is 27.1. The summed E-state index contributed by atoms with van der Waals surface area (Å²) in [7, 11) is 1.67. The van der Waals surface area contributed by atoms with Crippen LogP contribution in [0.4, 0.5) is 0 Å². The molecule has 4 atom stereocenters. The van der Waals surface area contributed by atoms with Gasteiger partial charge >= 0.3 is 29.6 Å². The number of phenols is 1. The Morgan fingerprint density at radius 3 is 0.960 bits per heavy atom. The van der Waals surface area contributed by atoms with E-state index < -0.39 is 0 Å². The standard InChI is InChI=1S/C29H33BrO6.C28H31BrO6.C2H6S.Na/c1-31-29-24-16-26(30)17-25(29)19-34-21-28(23-10-6-3-7-11-23)36-15-13-32-12-14-35-27(20-33-18-24)22-8-4-2-5-9-22;29-25-15-23-17-32-19-26(21-7-3-1-4-8-21)34-13-11-31-12-14-35-27(22-9-5-2-6-10-22)20-33-18-24(16-25)28(23)30;1-2-3;/h2-11,16-17,27-28H,12-15,18-21H2,1H3;1-10,15-16,26-27,30H,11-14,17-20H2;3H,2H2,1H3;/q;;;+1/p-1/t27-,28-;26-,27-;;/m11../s1. The predicted molar refractivity (Wildman–Crippen MR) is 295 cm³/mol. The maximum absolute atomic E-state index is 10.9. The van der Waals surface area contributed by atoms with E-state index in [1.54, 1.807) is 7.11 Å². The molecular formula is C59H69Br2NaO12S. The van der Waals surface area contributed by atoms with Gasteiger partial charge in [-0.3, -0.25) is 0 Å². The normalized spacial score (nSPS) is 20.0. The monoisotopic (exact) mass is 1180 g/mol. The van der Waals surface area contributed by atoms with E-state index in [2.05, 4.69) is 44.5 Å². The Labute approximate surface area is 487 Å². The van der Waals surface area contributed by atoms with E-state index in [-0.39, 0.29) is 72.9 Å². The zero-order chi connectivity index (χ0) is 52.0. The summed E-state index contributed by atoms with van der Waals surface area (Å²) in [5, 5.41) is 10.9. The Kier molecular flexibility index (Phi) is 30.8. The number of methoxy groups -OCH3 is 1. The van der Waals surface area contributed by atoms with Crippen molar-refractivity contribution in [1.29, 1.82) is 0 Å². The van der Waals surface area contributed by atoms with Crippen LogP contribution in [0.3, 0.4) is 0 Å². The number of hydrogen-bond acceptors (Lipinski definition) is 13. The van der Waals surface area contributed by atoms with E-state index in [0.717, 1.165) is 53.8 Å². The molecule has 0 saturated heterocycles. The molecule has 1 N–H and O–H groups in total. The van der Waals surface area contributed by atoms with Crippen LogP contribution in [-0.2, 0) is 86.4 Å². The van der Waals surface area contributed by atoms with E-state index >= 15 is 0 Å². The van der Waals surface area contributed by atoms with Crippen LogP contribution in [0, 0.1) is 0 Å². The number of ether oxygens (including phenoxy) is 11. The van der Waals surface area contributed by atoms with Gasteiger partial charge in [0.05, 0.1) is 113 Å². The number of halogens is 2. The maximum atomic E-state index is 10.9. The van der Waals surface area contributed by atoms with Crippen molar-refractivity contribution in [1.82, 2.24) is 0 Å². The summed E-state index contributed by atoms with van der Waals surface area (Å²) < 4.78 is 67.8. The number of hydrogen-bond donors (Lipinski definition) is 1. The molecule has 398 valence electrons. The van der Waals surface area contributed by atoms with Gasteiger partial charge in [0.25, 0.3) is 0 Å². The number of aromatic hydroxyl groups is 1. The molecule has 2 aliphatic rings. The summed E-state index contributed by atoms with van der Waals surface area (Å²) in [6.07, 6.45) is -0.884. The fraction of sp³-hybridized carbons (Fsp3) is 0.390. The Morgan fingerprint density at radius 1 is 0.440 bits per heavy atom. The van der Waals surface area contributed by atoms with E-state index in [4.69, 9.17) is 52.1 Å². The summed E-state index contributed by atoms with van der Waals surface area (Å²) in [5.74, 6) is 1.78. The molecule has 75 heavy (non-hydrogen) atoms. The number of rotatable bonds is 5. The summed E-state index contributed by atoms with van der Waals surface area (Å²) in [4.78, 5) is 0. The van der Waals surface area contributed by atoms with Gasteiger partial charge in [-0.2, -0.15) is 5.75 Å². The average molecular weight is 1190 g/mol. The second-order valence-corrected chi connectivity index (χ2v) is 19.4. The summed E-state index contributed by atoms with van der Waals surface area (Å²) >= 11 is 11.6. The van der Waals surface area contributed by atoms with Crippen LogP contribution >= 0.6 is 31.9 Å². The first-order chi connectivity index (χ1) is 36.4. The van der Waals surface area contributed by atoms with Gasteiger partial charge in [0, 0.05) is 31.2 Å². The smallest absolute Gasteiger partial charge is 0.793 e. The van der Waals surface area contributed by atoms with Crippen molar-refractivity contribution >= 4 is 44.5 Å². The van der Waals surface area contributed by atoms with E-state index in [9.17, 15) is 5.11 Å². The van der Waals surface area contributed by atoms with E-state index in [0.29, 0.717) is 104 Å². The minimum absolute atomic E-state index is 0. The topological polar surface area (TPSA) is 122 Å². The van der Waals surface area contributed by atoms with Crippen LogP contribution in [-0.4, -0.2) is 97.3 Å². The quantitative estimate of drug-likeness (QED) is 0.131. The second-order valence-electron chi connectivity index (χ2n) is 17.0. The molecule has 4 bridgehead atoms. The van der Waals surface area contributed by atoms with Crippen molar-refractivity contribution in [2.24, 2.45) is 0 Å². The van der Waals surface area contributed by atoms with Gasteiger partial charge in [0.2, 0.25) is 0 Å². The van der Waals surface area contributed by atoms with Crippen LogP contribution in [0.15, 0.2) is 155 Å². The first-order valence-electron chi connectivity index (χ1n) is 24.9. The molecule has 0 aliphatic carbocycles. The van der Waals surface area contributed by atoms with Crippen LogP contribution < -0.4 is 34.3 Å². The van der Waals surface area contributed by atoms with Gasteiger partial charge < -0.3 is 69.8 Å². The van der Waals surface area contributed by atoms with E-state index in [1.165, 1.54) is 0 Å². The molecule has 6 aromatic rings. The third-order valence-corrected chi connectivity index (χ3v) is 12.5. The van der Waals surface area contributed by atoms with Crippen molar-refractivity contribution in [3.05, 3.63) is 199 Å². The van der Waals surface area contributed by atoms with Crippen LogP contribution in [0.1, 0.15) is 75.8 Å². The Balaban J connectivity index is 0.000000260. The molecule has 8 rings (SSSR count). The zero-order valence-corrected chi connectivity index (χ0v) is 49.3. The molecule has 0 spiro atoms. The Morgan fingerprint density at radius 2 is 0.693 bits per heavy atom. The van der Waals surface area contributed by atoms with Gasteiger partial charge in [0.15, 0.2) is 0 Å². The average Bonchev–Trinajstić information content (AvgIpc) is 3.42. The molecule has 6 aromatic carbocycles. The summed E-state index contributed by atoms with van der Waals surface area (Å²) in [5.41, 5.74) is 7.45. The van der Waals surface area contributed by atoms with Crippen molar-refractivity contribution in [3.8, 4) is 11.5 Å². The predicted octanol–water partition coefficient (Wildman–Crippen LogP) is 9.33. The van der Waals surface area contributed by atoms with Gasteiger partial charge in [0.1, 0.15) is 35.9 Å². The van der Waals surface area contributed by atoms with Crippen LogP contribution in [0.25, 0.3) is 0 Å². The zero-order valence-electron chi connectivity index (χ0n) is 43.3. The van der Waals surface area contributed by atoms with E-state index in [1.807, 2.05) is 153 Å². The number of benzene rings is 6. The van der Waals surface area contributed by atoms with Crippen molar-refractivity contribution in [2.45, 2.75) is 57.8 Å². The first kappa shape index (κ1) is 62.7. The van der Waals surface area contributed by atoms with Gasteiger partial charge in [-0.1, -0.05) is 160 Å². The van der Waals surface area contributed by atoms with Gasteiger partial charge in [-0.25, -0.2) is 0 Å². The Bertz CT molecular complexity index is 2290. The maximum Gasteiger partial charge on any atom is 1.00 e.